The Kier molecular flexibility index (Phi) is 2.69. The summed E-state index contributed by atoms with van der Waals surface area (Å²) in [6, 6.07) is 3.79. The van der Waals surface area contributed by atoms with Crippen molar-refractivity contribution in [2.24, 2.45) is 5.92 Å². The van der Waals surface area contributed by atoms with Crippen LogP contribution in [0.4, 0.5) is 18.9 Å². The molecule has 0 spiro atoms. The highest BCUT2D eigenvalue weighted by atomic mass is 19.4. The number of halogens is 3. The van der Waals surface area contributed by atoms with Gasteiger partial charge in [-0.15, -0.1) is 0 Å². The molecule has 1 aromatic heterocycles. The molecule has 0 bridgehead atoms. The predicted molar refractivity (Wildman–Crippen MR) is 61.6 cm³/mol. The van der Waals surface area contributed by atoms with Crippen molar-refractivity contribution in [1.82, 2.24) is 10.3 Å². The molecule has 0 unspecified atom stereocenters. The van der Waals surface area contributed by atoms with Crippen molar-refractivity contribution in [3.05, 3.63) is 24.0 Å². The normalized spacial score (nSPS) is 21.6. The molecule has 2 aliphatic heterocycles. The van der Waals surface area contributed by atoms with Crippen LogP contribution in [0.1, 0.15) is 11.6 Å². The lowest BCUT2D eigenvalue weighted by Crippen LogP contribution is -2.53. The van der Waals surface area contributed by atoms with Crippen molar-refractivity contribution in [1.29, 1.82) is 0 Å². The van der Waals surface area contributed by atoms with Crippen LogP contribution in [-0.2, 0) is 0 Å². The van der Waals surface area contributed by atoms with Gasteiger partial charge in [-0.2, -0.15) is 13.2 Å². The molecule has 2 saturated heterocycles. The average Bonchev–Trinajstić information content (AvgIpc) is 2.13. The van der Waals surface area contributed by atoms with E-state index in [4.69, 9.17) is 0 Å². The zero-order valence-electron chi connectivity index (χ0n) is 9.74. The van der Waals surface area contributed by atoms with Crippen molar-refractivity contribution in [3.8, 4) is 0 Å². The van der Waals surface area contributed by atoms with E-state index >= 15 is 0 Å². The fourth-order valence-corrected chi connectivity index (χ4v) is 2.22. The molecule has 0 amide bonds. The second-order valence-electron chi connectivity index (χ2n) is 4.94. The lowest BCUT2D eigenvalue weighted by Gasteiger charge is -2.41. The highest BCUT2D eigenvalue weighted by Crippen LogP contribution is 2.36. The van der Waals surface area contributed by atoms with Crippen LogP contribution >= 0.6 is 0 Å². The standard InChI is InChI=1S/C12H14F3N3/c13-12(14,15)9-6-18(7-9)10-1-2-11(17-5-10)8-3-16-4-8/h1-2,5,8-9,16H,3-4,6-7H2. The van der Waals surface area contributed by atoms with E-state index in [0.717, 1.165) is 24.5 Å². The highest BCUT2D eigenvalue weighted by molar-refractivity contribution is 5.47. The highest BCUT2D eigenvalue weighted by Gasteiger charge is 2.47. The number of alkyl halides is 3. The Hall–Kier alpha value is -1.30. The summed E-state index contributed by atoms with van der Waals surface area (Å²) in [5.41, 5.74) is 1.80. The van der Waals surface area contributed by atoms with Crippen molar-refractivity contribution in [2.45, 2.75) is 12.1 Å². The van der Waals surface area contributed by atoms with Gasteiger partial charge in [0.05, 0.1) is 17.8 Å². The number of aromatic nitrogens is 1. The minimum absolute atomic E-state index is 0.0511. The average molecular weight is 257 g/mol. The molecular formula is C12H14F3N3. The van der Waals surface area contributed by atoms with Crippen LogP contribution in [0.5, 0.6) is 0 Å². The van der Waals surface area contributed by atoms with Crippen LogP contribution in [-0.4, -0.2) is 37.3 Å². The second kappa shape index (κ2) is 4.12. The number of pyridine rings is 1. The third kappa shape index (κ3) is 2.05. The van der Waals surface area contributed by atoms with E-state index in [0.29, 0.717) is 5.92 Å². The summed E-state index contributed by atoms with van der Waals surface area (Å²) in [7, 11) is 0. The first-order valence-electron chi connectivity index (χ1n) is 6.02. The first kappa shape index (κ1) is 11.8. The minimum atomic E-state index is -4.07. The summed E-state index contributed by atoms with van der Waals surface area (Å²) >= 11 is 0. The zero-order chi connectivity index (χ0) is 12.8. The SMILES string of the molecule is FC(F)(F)C1CN(c2ccc(C3CNC3)nc2)C1. The number of anilines is 1. The second-order valence-corrected chi connectivity index (χ2v) is 4.94. The molecule has 0 aromatic carbocycles. The monoisotopic (exact) mass is 257 g/mol. The molecule has 0 radical (unpaired) electrons. The number of nitrogens with one attached hydrogen (secondary N) is 1. The molecule has 98 valence electrons. The van der Waals surface area contributed by atoms with Crippen LogP contribution in [0.3, 0.4) is 0 Å². The number of rotatable bonds is 2. The smallest absolute Gasteiger partial charge is 0.369 e. The Morgan fingerprint density at radius 2 is 1.94 bits per heavy atom. The first-order valence-corrected chi connectivity index (χ1v) is 6.02. The Labute approximate surface area is 103 Å². The molecule has 2 aliphatic rings. The molecule has 0 saturated carbocycles. The van der Waals surface area contributed by atoms with Crippen LogP contribution in [0.2, 0.25) is 0 Å². The fourth-order valence-electron chi connectivity index (χ4n) is 2.22. The molecule has 1 N–H and O–H groups in total. The number of hydrogen-bond donors (Lipinski definition) is 1. The molecule has 6 heteroatoms. The summed E-state index contributed by atoms with van der Waals surface area (Å²) in [4.78, 5) is 6.04. The van der Waals surface area contributed by atoms with E-state index in [1.54, 1.807) is 11.1 Å². The zero-order valence-corrected chi connectivity index (χ0v) is 9.74. The van der Waals surface area contributed by atoms with Crippen molar-refractivity contribution < 1.29 is 13.2 Å². The van der Waals surface area contributed by atoms with Crippen molar-refractivity contribution in [3.63, 3.8) is 0 Å². The third-order valence-electron chi connectivity index (χ3n) is 3.68. The Morgan fingerprint density at radius 3 is 2.39 bits per heavy atom. The van der Waals surface area contributed by atoms with Gasteiger partial charge in [-0.3, -0.25) is 4.98 Å². The fraction of sp³-hybridized carbons (Fsp3) is 0.583. The van der Waals surface area contributed by atoms with Gasteiger partial charge in [-0.05, 0) is 12.1 Å². The van der Waals surface area contributed by atoms with E-state index in [2.05, 4.69) is 10.3 Å². The van der Waals surface area contributed by atoms with Gasteiger partial charge < -0.3 is 10.2 Å². The van der Waals surface area contributed by atoms with E-state index in [-0.39, 0.29) is 13.1 Å². The molecule has 0 aliphatic carbocycles. The van der Waals surface area contributed by atoms with Gasteiger partial charge in [-0.1, -0.05) is 0 Å². The molecule has 3 rings (SSSR count). The van der Waals surface area contributed by atoms with Crippen molar-refractivity contribution >= 4 is 5.69 Å². The Morgan fingerprint density at radius 1 is 1.22 bits per heavy atom. The lowest BCUT2D eigenvalue weighted by molar-refractivity contribution is -0.180. The summed E-state index contributed by atoms with van der Waals surface area (Å²) < 4.78 is 37.1. The summed E-state index contributed by atoms with van der Waals surface area (Å²) in [5, 5.41) is 3.17. The third-order valence-corrected chi connectivity index (χ3v) is 3.68. The minimum Gasteiger partial charge on any atom is -0.369 e. The summed E-state index contributed by atoms with van der Waals surface area (Å²) in [6.07, 6.45) is -2.39. The predicted octanol–water partition coefficient (Wildman–Crippen LogP) is 1.77. The van der Waals surface area contributed by atoms with Gasteiger partial charge >= 0.3 is 6.18 Å². The van der Waals surface area contributed by atoms with Gasteiger partial charge in [0.15, 0.2) is 0 Å². The number of nitrogens with zero attached hydrogens (tertiary/aromatic N) is 2. The molecule has 0 atom stereocenters. The van der Waals surface area contributed by atoms with Gasteiger partial charge in [0.25, 0.3) is 0 Å². The molecule has 1 aromatic rings. The summed E-state index contributed by atoms with van der Waals surface area (Å²) in [5.74, 6) is -0.730. The Bertz CT molecular complexity index is 419. The van der Waals surface area contributed by atoms with E-state index < -0.39 is 12.1 Å². The van der Waals surface area contributed by atoms with E-state index in [1.165, 1.54) is 0 Å². The maximum Gasteiger partial charge on any atom is 0.395 e. The maximum atomic E-state index is 12.4. The molecule has 3 nitrogen and oxygen atoms in total. The van der Waals surface area contributed by atoms with Crippen molar-refractivity contribution in [2.75, 3.05) is 31.1 Å². The summed E-state index contributed by atoms with van der Waals surface area (Å²) in [6.45, 7) is 1.98. The molecular weight excluding hydrogens is 243 g/mol. The maximum absolute atomic E-state index is 12.4. The molecule has 18 heavy (non-hydrogen) atoms. The van der Waals surface area contributed by atoms with E-state index in [1.807, 2.05) is 12.1 Å². The van der Waals surface area contributed by atoms with Gasteiger partial charge in [-0.25, -0.2) is 0 Å². The van der Waals surface area contributed by atoms with Crippen LogP contribution in [0.25, 0.3) is 0 Å². The van der Waals surface area contributed by atoms with Crippen LogP contribution in [0.15, 0.2) is 18.3 Å². The topological polar surface area (TPSA) is 28.2 Å². The number of hydrogen-bond acceptors (Lipinski definition) is 3. The molecule has 3 heterocycles. The quantitative estimate of drug-likeness (QED) is 0.875. The van der Waals surface area contributed by atoms with Gasteiger partial charge in [0.2, 0.25) is 0 Å². The van der Waals surface area contributed by atoms with Gasteiger partial charge in [0, 0.05) is 37.8 Å². The van der Waals surface area contributed by atoms with Gasteiger partial charge in [0.1, 0.15) is 0 Å². The molecule has 2 fully saturated rings. The largest absolute Gasteiger partial charge is 0.395 e. The Balaban J connectivity index is 1.61. The lowest BCUT2D eigenvalue weighted by atomic mass is 9.97. The van der Waals surface area contributed by atoms with Crippen LogP contribution < -0.4 is 10.2 Å². The first-order chi connectivity index (χ1) is 8.54. The van der Waals surface area contributed by atoms with E-state index in [9.17, 15) is 13.2 Å². The van der Waals surface area contributed by atoms with Crippen LogP contribution in [0, 0.1) is 5.92 Å².